The van der Waals surface area contributed by atoms with Gasteiger partial charge in [0.1, 0.15) is 11.1 Å². The van der Waals surface area contributed by atoms with Crippen LogP contribution in [0.4, 0.5) is 18.9 Å². The number of ether oxygens (including phenoxy) is 1. The molecule has 1 saturated heterocycles. The molecule has 1 aliphatic rings. The Morgan fingerprint density at radius 3 is 2.49 bits per heavy atom. The molecule has 4 aromatic rings. The number of hydrogen-bond acceptors (Lipinski definition) is 7. The number of anilines is 1. The molecule has 45 heavy (non-hydrogen) atoms. The third kappa shape index (κ3) is 7.09. The first-order valence-electron chi connectivity index (χ1n) is 13.9. The fraction of sp³-hybridized carbons (Fsp3) is 0.219. The number of rotatable bonds is 8. The van der Waals surface area contributed by atoms with Gasteiger partial charge in [0.15, 0.2) is 5.04 Å². The monoisotopic (exact) mass is 634 g/mol. The van der Waals surface area contributed by atoms with Crippen LogP contribution in [-0.4, -0.2) is 44.2 Å². The average molecular weight is 635 g/mol. The number of aryl methyl sites for hydroxylation is 2. The van der Waals surface area contributed by atoms with Gasteiger partial charge in [-0.3, -0.25) is 15.0 Å². The summed E-state index contributed by atoms with van der Waals surface area (Å²) in [7, 11) is 0. The molecular weight excluding hydrogens is 605 g/mol. The highest BCUT2D eigenvalue weighted by molar-refractivity contribution is 8.16. The summed E-state index contributed by atoms with van der Waals surface area (Å²) in [5.41, 5.74) is 5.47. The second kappa shape index (κ2) is 12.6. The van der Waals surface area contributed by atoms with Crippen molar-refractivity contribution in [1.29, 1.82) is 5.41 Å². The van der Waals surface area contributed by atoms with E-state index < -0.39 is 29.3 Å². The molecule has 0 aliphatic carbocycles. The van der Waals surface area contributed by atoms with E-state index in [1.165, 1.54) is 28.9 Å². The molecule has 0 bridgehead atoms. The van der Waals surface area contributed by atoms with Crippen LogP contribution in [-0.2, 0) is 4.79 Å². The second-order valence-electron chi connectivity index (χ2n) is 10.6. The molecule has 0 saturated carbocycles. The minimum atomic E-state index is -4.82. The standard InChI is InChI=1S/C32H29F3N6O3S/c1-18(2)24-7-5-6-8-25(24)31-41(30(43)28(36)45-31)37-16-21-9-14-27(19(3)15-21)40-17-26(20(4)39-40)38-29(42)22-10-12-23(13-11-22)44-32(33,34)35/h5-18,31,36H,1-4H3,(H,38,42)/b36-28?,37-16+. The first-order valence-corrected chi connectivity index (χ1v) is 14.7. The highest BCUT2D eigenvalue weighted by Crippen LogP contribution is 2.42. The van der Waals surface area contributed by atoms with Gasteiger partial charge in [-0.1, -0.05) is 55.9 Å². The van der Waals surface area contributed by atoms with E-state index in [2.05, 4.69) is 34.1 Å². The van der Waals surface area contributed by atoms with Crippen LogP contribution < -0.4 is 10.1 Å². The van der Waals surface area contributed by atoms with Crippen LogP contribution in [0.15, 0.2) is 78.0 Å². The van der Waals surface area contributed by atoms with E-state index in [9.17, 15) is 22.8 Å². The molecule has 0 spiro atoms. The van der Waals surface area contributed by atoms with Crippen molar-refractivity contribution in [2.45, 2.75) is 45.3 Å². The van der Waals surface area contributed by atoms with Crippen LogP contribution in [0.1, 0.15) is 63.4 Å². The molecule has 1 fully saturated rings. The molecule has 1 aromatic heterocycles. The molecule has 1 aliphatic heterocycles. The largest absolute Gasteiger partial charge is 0.573 e. The van der Waals surface area contributed by atoms with Crippen molar-refractivity contribution in [3.8, 4) is 11.4 Å². The Hall–Kier alpha value is -4.91. The summed E-state index contributed by atoms with van der Waals surface area (Å²) in [6.07, 6.45) is -1.59. The van der Waals surface area contributed by atoms with Crippen LogP contribution in [0.2, 0.25) is 0 Å². The molecule has 2 amide bonds. The molecule has 0 radical (unpaired) electrons. The summed E-state index contributed by atoms with van der Waals surface area (Å²) in [5.74, 6) is -1.16. The lowest BCUT2D eigenvalue weighted by molar-refractivity contribution is -0.274. The first-order chi connectivity index (χ1) is 21.3. The van der Waals surface area contributed by atoms with E-state index in [1.54, 1.807) is 24.0 Å². The molecule has 5 rings (SSSR count). The van der Waals surface area contributed by atoms with E-state index in [4.69, 9.17) is 5.41 Å². The van der Waals surface area contributed by atoms with Gasteiger partial charge in [-0.05, 0) is 78.4 Å². The number of benzene rings is 3. The number of aromatic nitrogens is 2. The average Bonchev–Trinajstić information content (AvgIpc) is 3.48. The number of carbonyl (C=O) groups excluding carboxylic acids is 2. The number of hydrazone groups is 1. The topological polar surface area (TPSA) is 113 Å². The Kier molecular flexibility index (Phi) is 8.82. The molecule has 3 aromatic carbocycles. The lowest BCUT2D eigenvalue weighted by Gasteiger charge is -2.22. The summed E-state index contributed by atoms with van der Waals surface area (Å²) >= 11 is 1.17. The van der Waals surface area contributed by atoms with Crippen molar-refractivity contribution >= 4 is 40.5 Å². The molecular formula is C32H29F3N6O3S. The molecule has 232 valence electrons. The Labute approximate surface area is 261 Å². The summed E-state index contributed by atoms with van der Waals surface area (Å²) < 4.78 is 42.7. The van der Waals surface area contributed by atoms with Crippen LogP contribution in [0, 0.1) is 19.3 Å². The lowest BCUT2D eigenvalue weighted by atomic mass is 9.97. The molecule has 1 unspecified atom stereocenters. The van der Waals surface area contributed by atoms with Gasteiger partial charge in [-0.15, -0.1) is 13.2 Å². The zero-order valence-electron chi connectivity index (χ0n) is 24.7. The maximum Gasteiger partial charge on any atom is 0.573 e. The van der Waals surface area contributed by atoms with Crippen LogP contribution in [0.25, 0.3) is 5.69 Å². The number of carbonyl (C=O) groups is 2. The van der Waals surface area contributed by atoms with Gasteiger partial charge in [0.05, 0.1) is 29.5 Å². The fourth-order valence-corrected chi connectivity index (χ4v) is 5.86. The Morgan fingerprint density at radius 2 is 1.82 bits per heavy atom. The van der Waals surface area contributed by atoms with Crippen molar-refractivity contribution in [3.05, 3.63) is 106 Å². The molecule has 13 heteroatoms. The van der Waals surface area contributed by atoms with Gasteiger partial charge in [0, 0.05) is 5.56 Å². The number of hydrogen-bond donors (Lipinski definition) is 2. The predicted molar refractivity (Wildman–Crippen MR) is 167 cm³/mol. The van der Waals surface area contributed by atoms with E-state index in [1.807, 2.05) is 49.4 Å². The number of alkyl halides is 3. The maximum absolute atomic E-state index is 12.8. The zero-order chi connectivity index (χ0) is 32.5. The van der Waals surface area contributed by atoms with Crippen molar-refractivity contribution in [3.63, 3.8) is 0 Å². The number of amides is 2. The van der Waals surface area contributed by atoms with Gasteiger partial charge in [-0.2, -0.15) is 10.2 Å². The minimum Gasteiger partial charge on any atom is -0.406 e. The van der Waals surface area contributed by atoms with E-state index >= 15 is 0 Å². The van der Waals surface area contributed by atoms with Gasteiger partial charge >= 0.3 is 6.36 Å². The summed E-state index contributed by atoms with van der Waals surface area (Å²) in [5, 5.41) is 20.7. The van der Waals surface area contributed by atoms with Crippen LogP contribution in [0.3, 0.4) is 0 Å². The van der Waals surface area contributed by atoms with Crippen molar-refractivity contribution in [2.75, 3.05) is 5.32 Å². The van der Waals surface area contributed by atoms with Crippen molar-refractivity contribution in [2.24, 2.45) is 5.10 Å². The van der Waals surface area contributed by atoms with Crippen LogP contribution >= 0.6 is 11.8 Å². The van der Waals surface area contributed by atoms with Crippen LogP contribution in [0.5, 0.6) is 5.75 Å². The Bertz CT molecular complexity index is 1800. The summed E-state index contributed by atoms with van der Waals surface area (Å²) in [6, 6.07) is 18.0. The smallest absolute Gasteiger partial charge is 0.406 e. The van der Waals surface area contributed by atoms with Gasteiger partial charge in [0.2, 0.25) is 0 Å². The highest BCUT2D eigenvalue weighted by atomic mass is 32.2. The molecule has 9 nitrogen and oxygen atoms in total. The number of halogens is 3. The normalized spacial score (nSPS) is 15.4. The molecule has 2 N–H and O–H groups in total. The van der Waals surface area contributed by atoms with Crippen molar-refractivity contribution < 1.29 is 27.5 Å². The summed E-state index contributed by atoms with van der Waals surface area (Å²) in [6.45, 7) is 7.78. The van der Waals surface area contributed by atoms with E-state index in [-0.39, 0.29) is 16.5 Å². The lowest BCUT2D eigenvalue weighted by Crippen LogP contribution is -2.25. The maximum atomic E-state index is 12.8. The van der Waals surface area contributed by atoms with Gasteiger partial charge < -0.3 is 10.1 Å². The first kappa shape index (κ1) is 31.5. The number of nitrogens with zero attached hydrogens (tertiary/aromatic N) is 4. The zero-order valence-corrected chi connectivity index (χ0v) is 25.5. The Balaban J connectivity index is 1.31. The summed E-state index contributed by atoms with van der Waals surface area (Å²) in [4.78, 5) is 25.6. The van der Waals surface area contributed by atoms with E-state index in [0.29, 0.717) is 11.4 Å². The third-order valence-electron chi connectivity index (χ3n) is 7.03. The molecule has 2 heterocycles. The van der Waals surface area contributed by atoms with Crippen molar-refractivity contribution in [1.82, 2.24) is 14.8 Å². The quantitative estimate of drug-likeness (QED) is 0.197. The highest BCUT2D eigenvalue weighted by Gasteiger charge is 2.39. The SMILES string of the molecule is Cc1cc(/C=N/N2C(=O)C(=N)SC2c2ccccc2C(C)C)ccc1-n1cc(NC(=O)c2ccc(OC(F)(F)F)cc2)c(C)n1. The number of nitrogens with one attached hydrogen (secondary N) is 2. The third-order valence-corrected chi connectivity index (χ3v) is 8.12. The number of thioether (sulfide) groups is 1. The van der Waals surface area contributed by atoms with Gasteiger partial charge in [-0.25, -0.2) is 9.69 Å². The minimum absolute atomic E-state index is 0.0633. The molecule has 1 atom stereocenters. The van der Waals surface area contributed by atoms with Gasteiger partial charge in [0.25, 0.3) is 11.8 Å². The van der Waals surface area contributed by atoms with E-state index in [0.717, 1.165) is 40.1 Å². The fourth-order valence-electron chi connectivity index (χ4n) is 4.85. The second-order valence-corrected chi connectivity index (χ2v) is 11.7. The predicted octanol–water partition coefficient (Wildman–Crippen LogP) is 7.35. The Morgan fingerprint density at radius 1 is 1.11 bits per heavy atom.